The highest BCUT2D eigenvalue weighted by molar-refractivity contribution is 5.89. The average Bonchev–Trinajstić information content (AvgIpc) is 2.43. The van der Waals surface area contributed by atoms with Crippen LogP contribution < -0.4 is 0 Å². The quantitative estimate of drug-likeness (QED) is 0.409. The fraction of sp³-hybridized carbons (Fsp3) is 0.312. The van der Waals surface area contributed by atoms with E-state index < -0.39 is 0 Å². The van der Waals surface area contributed by atoms with Gasteiger partial charge in [-0.2, -0.15) is 0 Å². The van der Waals surface area contributed by atoms with Gasteiger partial charge in [-0.1, -0.05) is 42.8 Å². The first-order valence-electron chi connectivity index (χ1n) is 6.29. The Balaban J connectivity index is 2.34. The molecule has 0 atom stereocenters. The molecular weight excluding hydrogens is 224 g/mol. The number of hydrogen-bond donors (Lipinski definition) is 0. The number of hydrogen-bond acceptors (Lipinski definition) is 2. The largest absolute Gasteiger partial charge is 0.462 e. The second kappa shape index (κ2) is 8.29. The fourth-order valence-corrected chi connectivity index (χ4v) is 1.63. The molecule has 0 aromatic heterocycles. The Morgan fingerprint density at radius 3 is 2.67 bits per heavy atom. The van der Waals surface area contributed by atoms with Crippen LogP contribution in [0, 0.1) is 0 Å². The van der Waals surface area contributed by atoms with Crippen LogP contribution in [0.3, 0.4) is 0 Å². The number of allylic oxidation sites excluding steroid dienone is 2. The summed E-state index contributed by atoms with van der Waals surface area (Å²) < 4.78 is 5.19. The molecule has 2 heteroatoms. The van der Waals surface area contributed by atoms with Gasteiger partial charge in [-0.25, -0.2) is 4.79 Å². The molecule has 96 valence electrons. The van der Waals surface area contributed by atoms with E-state index in [0.29, 0.717) is 12.2 Å². The van der Waals surface area contributed by atoms with Crippen LogP contribution in [0.4, 0.5) is 0 Å². The zero-order valence-electron chi connectivity index (χ0n) is 10.9. The van der Waals surface area contributed by atoms with Gasteiger partial charge in [-0.15, -0.1) is 6.58 Å². The lowest BCUT2D eigenvalue weighted by Gasteiger charge is -2.04. The third kappa shape index (κ3) is 5.00. The first kappa shape index (κ1) is 14.2. The SMILES string of the molecule is C=CC/C(=C/CCOC(=O)c1ccccc1)CC. The molecule has 0 fully saturated rings. The Morgan fingerprint density at radius 1 is 1.33 bits per heavy atom. The molecule has 0 spiro atoms. The van der Waals surface area contributed by atoms with E-state index in [2.05, 4.69) is 19.6 Å². The first-order chi connectivity index (χ1) is 8.77. The fourth-order valence-electron chi connectivity index (χ4n) is 1.63. The maximum absolute atomic E-state index is 11.6. The third-order valence-electron chi connectivity index (χ3n) is 2.65. The minimum absolute atomic E-state index is 0.259. The smallest absolute Gasteiger partial charge is 0.338 e. The standard InChI is InChI=1S/C16H20O2/c1-3-9-14(4-2)10-8-13-18-16(17)15-11-6-5-7-12-15/h3,5-7,10-12H,1,4,8-9,13H2,2H3/b14-10+. The zero-order chi connectivity index (χ0) is 13.2. The second-order valence-electron chi connectivity index (χ2n) is 4.00. The maximum Gasteiger partial charge on any atom is 0.338 e. The van der Waals surface area contributed by atoms with Crippen molar-refractivity contribution in [2.24, 2.45) is 0 Å². The van der Waals surface area contributed by atoms with Crippen LogP contribution >= 0.6 is 0 Å². The molecule has 0 heterocycles. The lowest BCUT2D eigenvalue weighted by Crippen LogP contribution is -2.05. The molecule has 1 rings (SSSR count). The minimum atomic E-state index is -0.259. The summed E-state index contributed by atoms with van der Waals surface area (Å²) in [4.78, 5) is 11.6. The van der Waals surface area contributed by atoms with Crippen molar-refractivity contribution in [3.05, 3.63) is 60.2 Å². The minimum Gasteiger partial charge on any atom is -0.462 e. The molecular formula is C16H20O2. The van der Waals surface area contributed by atoms with Crippen LogP contribution in [-0.4, -0.2) is 12.6 Å². The maximum atomic E-state index is 11.6. The molecule has 0 unspecified atom stereocenters. The van der Waals surface area contributed by atoms with Crippen LogP contribution in [0.1, 0.15) is 36.5 Å². The van der Waals surface area contributed by atoms with Gasteiger partial charge in [0.15, 0.2) is 0 Å². The van der Waals surface area contributed by atoms with E-state index in [-0.39, 0.29) is 5.97 Å². The van der Waals surface area contributed by atoms with Crippen molar-refractivity contribution in [3.63, 3.8) is 0 Å². The zero-order valence-corrected chi connectivity index (χ0v) is 10.9. The molecule has 0 aliphatic carbocycles. The lowest BCUT2D eigenvalue weighted by molar-refractivity contribution is 0.0511. The number of carbonyl (C=O) groups excluding carboxylic acids is 1. The number of carbonyl (C=O) groups is 1. The molecule has 2 nitrogen and oxygen atoms in total. The van der Waals surface area contributed by atoms with Gasteiger partial charge >= 0.3 is 5.97 Å². The summed E-state index contributed by atoms with van der Waals surface area (Å²) in [7, 11) is 0. The van der Waals surface area contributed by atoms with Crippen LogP contribution in [0.25, 0.3) is 0 Å². The first-order valence-corrected chi connectivity index (χ1v) is 6.29. The van der Waals surface area contributed by atoms with Gasteiger partial charge < -0.3 is 4.74 Å². The topological polar surface area (TPSA) is 26.3 Å². The summed E-state index contributed by atoms with van der Waals surface area (Å²) in [6.45, 7) is 6.26. The molecule has 0 bridgehead atoms. The summed E-state index contributed by atoms with van der Waals surface area (Å²) in [5.74, 6) is -0.259. The number of rotatable bonds is 7. The van der Waals surface area contributed by atoms with Gasteiger partial charge in [-0.3, -0.25) is 0 Å². The highest BCUT2D eigenvalue weighted by atomic mass is 16.5. The van der Waals surface area contributed by atoms with Crippen LogP contribution in [-0.2, 0) is 4.74 Å². The Bertz CT molecular complexity index is 404. The summed E-state index contributed by atoms with van der Waals surface area (Å²) >= 11 is 0. The van der Waals surface area contributed by atoms with Gasteiger partial charge in [-0.05, 0) is 31.4 Å². The van der Waals surface area contributed by atoms with Gasteiger partial charge in [0, 0.05) is 0 Å². The van der Waals surface area contributed by atoms with Crippen molar-refractivity contribution in [2.75, 3.05) is 6.61 Å². The van der Waals surface area contributed by atoms with Gasteiger partial charge in [0.2, 0.25) is 0 Å². The molecule has 0 aliphatic rings. The molecule has 0 amide bonds. The monoisotopic (exact) mass is 244 g/mol. The summed E-state index contributed by atoms with van der Waals surface area (Å²) in [6.07, 6.45) is 6.70. The van der Waals surface area contributed by atoms with E-state index in [4.69, 9.17) is 4.74 Å². The average molecular weight is 244 g/mol. The van der Waals surface area contributed by atoms with Gasteiger partial charge in [0.05, 0.1) is 12.2 Å². The highest BCUT2D eigenvalue weighted by Crippen LogP contribution is 2.08. The van der Waals surface area contributed by atoms with Gasteiger partial charge in [0.1, 0.15) is 0 Å². The van der Waals surface area contributed by atoms with Crippen molar-refractivity contribution in [1.29, 1.82) is 0 Å². The molecule has 1 aromatic rings. The molecule has 0 saturated carbocycles. The normalized spacial score (nSPS) is 11.1. The Labute approximate surface area is 109 Å². The van der Waals surface area contributed by atoms with Crippen molar-refractivity contribution in [2.45, 2.75) is 26.2 Å². The Kier molecular flexibility index (Phi) is 6.55. The van der Waals surface area contributed by atoms with Crippen molar-refractivity contribution >= 4 is 5.97 Å². The molecule has 0 saturated heterocycles. The molecule has 0 N–H and O–H groups in total. The van der Waals surface area contributed by atoms with E-state index in [1.54, 1.807) is 12.1 Å². The second-order valence-corrected chi connectivity index (χ2v) is 4.00. The third-order valence-corrected chi connectivity index (χ3v) is 2.65. The molecule has 0 radical (unpaired) electrons. The number of ether oxygens (including phenoxy) is 1. The Hall–Kier alpha value is -1.83. The van der Waals surface area contributed by atoms with E-state index in [0.717, 1.165) is 19.3 Å². The molecule has 0 aliphatic heterocycles. The van der Waals surface area contributed by atoms with E-state index in [9.17, 15) is 4.79 Å². The van der Waals surface area contributed by atoms with E-state index >= 15 is 0 Å². The van der Waals surface area contributed by atoms with E-state index in [1.165, 1.54) is 5.57 Å². The molecule has 1 aromatic carbocycles. The highest BCUT2D eigenvalue weighted by Gasteiger charge is 2.04. The van der Waals surface area contributed by atoms with Crippen LogP contribution in [0.5, 0.6) is 0 Å². The van der Waals surface area contributed by atoms with Crippen LogP contribution in [0.15, 0.2) is 54.6 Å². The van der Waals surface area contributed by atoms with E-state index in [1.807, 2.05) is 24.3 Å². The summed E-state index contributed by atoms with van der Waals surface area (Å²) in [5.41, 5.74) is 1.93. The molecule has 18 heavy (non-hydrogen) atoms. The van der Waals surface area contributed by atoms with Crippen LogP contribution in [0.2, 0.25) is 0 Å². The predicted molar refractivity (Wildman–Crippen MR) is 74.5 cm³/mol. The van der Waals surface area contributed by atoms with Crippen molar-refractivity contribution in [3.8, 4) is 0 Å². The summed E-state index contributed by atoms with van der Waals surface area (Å²) in [5, 5.41) is 0. The van der Waals surface area contributed by atoms with Crippen molar-refractivity contribution in [1.82, 2.24) is 0 Å². The number of esters is 1. The number of benzene rings is 1. The van der Waals surface area contributed by atoms with Gasteiger partial charge in [0.25, 0.3) is 0 Å². The van der Waals surface area contributed by atoms with Crippen molar-refractivity contribution < 1.29 is 9.53 Å². The summed E-state index contributed by atoms with van der Waals surface area (Å²) in [6, 6.07) is 9.05. The Morgan fingerprint density at radius 2 is 2.06 bits per heavy atom. The lowest BCUT2D eigenvalue weighted by atomic mass is 10.1. The predicted octanol–water partition coefficient (Wildman–Crippen LogP) is 4.15.